The Bertz CT molecular complexity index is 468. The van der Waals surface area contributed by atoms with Gasteiger partial charge in [0.05, 0.1) is 5.56 Å². The minimum atomic E-state index is -0.533. The molecule has 0 spiro atoms. The van der Waals surface area contributed by atoms with Crippen molar-refractivity contribution in [1.29, 1.82) is 0 Å². The van der Waals surface area contributed by atoms with Crippen LogP contribution in [0, 0.1) is 0 Å². The molecule has 0 saturated heterocycles. The van der Waals surface area contributed by atoms with E-state index in [1.54, 1.807) is 18.2 Å². The first kappa shape index (κ1) is 13.4. The van der Waals surface area contributed by atoms with Gasteiger partial charge in [0.25, 0.3) is 5.91 Å². The van der Waals surface area contributed by atoms with Gasteiger partial charge in [0.15, 0.2) is 6.61 Å². The van der Waals surface area contributed by atoms with E-state index in [2.05, 4.69) is 5.32 Å². The number of carbonyl (C=O) groups excluding carboxylic acids is 2. The highest BCUT2D eigenvalue weighted by Gasteiger charge is 2.18. The zero-order valence-corrected chi connectivity index (χ0v) is 10.7. The Morgan fingerprint density at radius 2 is 2.05 bits per heavy atom. The Labute approximate surface area is 112 Å². The lowest BCUT2D eigenvalue weighted by Gasteiger charge is -2.11. The van der Waals surface area contributed by atoms with Gasteiger partial charge >= 0.3 is 5.97 Å². The van der Waals surface area contributed by atoms with Crippen molar-refractivity contribution in [3.8, 4) is 0 Å². The van der Waals surface area contributed by atoms with Crippen LogP contribution in [-0.2, 0) is 9.53 Å². The van der Waals surface area contributed by atoms with E-state index in [4.69, 9.17) is 10.5 Å². The number of hydrogen-bond acceptors (Lipinski definition) is 4. The van der Waals surface area contributed by atoms with Crippen molar-refractivity contribution in [3.05, 3.63) is 29.8 Å². The molecule has 0 bridgehead atoms. The van der Waals surface area contributed by atoms with Crippen LogP contribution in [0.15, 0.2) is 24.3 Å². The van der Waals surface area contributed by atoms with Gasteiger partial charge in [0.1, 0.15) is 0 Å². The first-order valence-corrected chi connectivity index (χ1v) is 6.47. The van der Waals surface area contributed by atoms with Gasteiger partial charge in [-0.15, -0.1) is 0 Å². The van der Waals surface area contributed by atoms with Crippen molar-refractivity contribution >= 4 is 17.6 Å². The summed E-state index contributed by atoms with van der Waals surface area (Å²) in [7, 11) is 0. The molecule has 1 fully saturated rings. The number of hydrogen-bond donors (Lipinski definition) is 2. The minimum Gasteiger partial charge on any atom is -0.452 e. The summed E-state index contributed by atoms with van der Waals surface area (Å²) < 4.78 is 4.95. The summed E-state index contributed by atoms with van der Waals surface area (Å²) in [6.45, 7) is -0.246. The molecule has 0 radical (unpaired) electrons. The molecule has 5 nitrogen and oxygen atoms in total. The van der Waals surface area contributed by atoms with E-state index < -0.39 is 5.97 Å². The third-order valence-corrected chi connectivity index (χ3v) is 3.18. The van der Waals surface area contributed by atoms with E-state index in [1.807, 2.05) is 0 Å². The Morgan fingerprint density at radius 1 is 1.32 bits per heavy atom. The topological polar surface area (TPSA) is 81.4 Å². The molecule has 1 aromatic rings. The highest BCUT2D eigenvalue weighted by atomic mass is 16.5. The molecule has 0 aliphatic heterocycles. The molecular weight excluding hydrogens is 244 g/mol. The first-order chi connectivity index (χ1) is 9.15. The number of rotatable bonds is 4. The fraction of sp³-hybridized carbons (Fsp3) is 0.429. The maximum absolute atomic E-state index is 11.7. The van der Waals surface area contributed by atoms with Gasteiger partial charge < -0.3 is 15.8 Å². The Hall–Kier alpha value is -2.04. The van der Waals surface area contributed by atoms with Gasteiger partial charge in [-0.05, 0) is 31.0 Å². The largest absolute Gasteiger partial charge is 0.452 e. The van der Waals surface area contributed by atoms with E-state index in [0.29, 0.717) is 11.3 Å². The molecule has 2 rings (SSSR count). The van der Waals surface area contributed by atoms with E-state index in [0.717, 1.165) is 25.7 Å². The maximum atomic E-state index is 11.7. The SMILES string of the molecule is Nc1cccc(C(=O)OCC(=O)NC2CCCC2)c1. The summed E-state index contributed by atoms with van der Waals surface area (Å²) >= 11 is 0. The van der Waals surface area contributed by atoms with Crippen molar-refractivity contribution in [3.63, 3.8) is 0 Å². The zero-order chi connectivity index (χ0) is 13.7. The number of benzene rings is 1. The second-order valence-corrected chi connectivity index (χ2v) is 4.75. The monoisotopic (exact) mass is 262 g/mol. The van der Waals surface area contributed by atoms with Gasteiger partial charge in [-0.2, -0.15) is 0 Å². The second-order valence-electron chi connectivity index (χ2n) is 4.75. The second kappa shape index (κ2) is 6.22. The summed E-state index contributed by atoms with van der Waals surface area (Å²) in [6.07, 6.45) is 4.31. The van der Waals surface area contributed by atoms with E-state index in [9.17, 15) is 9.59 Å². The molecule has 0 unspecified atom stereocenters. The molecule has 1 aromatic carbocycles. The zero-order valence-electron chi connectivity index (χ0n) is 10.7. The molecule has 1 amide bonds. The number of ether oxygens (including phenoxy) is 1. The Kier molecular flexibility index (Phi) is 4.39. The van der Waals surface area contributed by atoms with Crippen LogP contribution in [0.4, 0.5) is 5.69 Å². The lowest BCUT2D eigenvalue weighted by atomic mass is 10.2. The molecule has 0 aromatic heterocycles. The van der Waals surface area contributed by atoms with Crippen LogP contribution in [0.5, 0.6) is 0 Å². The number of nitrogens with two attached hydrogens (primary N) is 1. The highest BCUT2D eigenvalue weighted by Crippen LogP contribution is 2.17. The average molecular weight is 262 g/mol. The molecule has 1 saturated carbocycles. The number of carbonyl (C=O) groups is 2. The summed E-state index contributed by atoms with van der Waals surface area (Å²) in [5.41, 5.74) is 6.42. The summed E-state index contributed by atoms with van der Waals surface area (Å²) in [6, 6.07) is 6.72. The molecule has 0 heterocycles. The molecule has 19 heavy (non-hydrogen) atoms. The van der Waals surface area contributed by atoms with Crippen molar-refractivity contribution in [1.82, 2.24) is 5.32 Å². The lowest BCUT2D eigenvalue weighted by Crippen LogP contribution is -2.35. The fourth-order valence-corrected chi connectivity index (χ4v) is 2.22. The Balaban J connectivity index is 1.78. The van der Waals surface area contributed by atoms with Gasteiger partial charge in [-0.25, -0.2) is 4.79 Å². The predicted octanol–water partition coefficient (Wildman–Crippen LogP) is 1.48. The van der Waals surface area contributed by atoms with E-state index >= 15 is 0 Å². The number of esters is 1. The third kappa shape index (κ3) is 3.98. The van der Waals surface area contributed by atoms with Gasteiger partial charge in [0, 0.05) is 11.7 Å². The summed E-state index contributed by atoms with van der Waals surface area (Å²) in [4.78, 5) is 23.3. The molecular formula is C14H18N2O3. The molecule has 1 aliphatic carbocycles. The maximum Gasteiger partial charge on any atom is 0.338 e. The number of nitrogens with one attached hydrogen (secondary N) is 1. The Morgan fingerprint density at radius 3 is 2.74 bits per heavy atom. The molecule has 5 heteroatoms. The molecule has 1 aliphatic rings. The normalized spacial score (nSPS) is 15.2. The number of anilines is 1. The number of amides is 1. The molecule has 3 N–H and O–H groups in total. The molecule has 0 atom stereocenters. The van der Waals surface area contributed by atoms with Crippen LogP contribution in [-0.4, -0.2) is 24.5 Å². The minimum absolute atomic E-state index is 0.235. The van der Waals surface area contributed by atoms with Crippen molar-refractivity contribution in [2.75, 3.05) is 12.3 Å². The highest BCUT2D eigenvalue weighted by molar-refractivity contribution is 5.92. The van der Waals surface area contributed by atoms with Crippen LogP contribution in [0.1, 0.15) is 36.0 Å². The third-order valence-electron chi connectivity index (χ3n) is 3.18. The summed E-state index contributed by atoms with van der Waals surface area (Å²) in [5.74, 6) is -0.780. The average Bonchev–Trinajstić information content (AvgIpc) is 2.88. The fourth-order valence-electron chi connectivity index (χ4n) is 2.22. The van der Waals surface area contributed by atoms with Crippen LogP contribution in [0.25, 0.3) is 0 Å². The van der Waals surface area contributed by atoms with E-state index in [-0.39, 0.29) is 18.6 Å². The van der Waals surface area contributed by atoms with Gasteiger partial charge in [-0.3, -0.25) is 4.79 Å². The van der Waals surface area contributed by atoms with Crippen molar-refractivity contribution in [2.24, 2.45) is 0 Å². The first-order valence-electron chi connectivity index (χ1n) is 6.47. The summed E-state index contributed by atoms with van der Waals surface area (Å²) in [5, 5.41) is 2.86. The standard InChI is InChI=1S/C14H18N2O3/c15-11-5-3-4-10(8-11)14(18)19-9-13(17)16-12-6-1-2-7-12/h3-5,8,12H,1-2,6-7,9,15H2,(H,16,17). The number of nitrogen functional groups attached to an aromatic ring is 1. The van der Waals surface area contributed by atoms with Gasteiger partial charge in [-0.1, -0.05) is 18.9 Å². The van der Waals surface area contributed by atoms with Crippen LogP contribution in [0.2, 0.25) is 0 Å². The van der Waals surface area contributed by atoms with E-state index in [1.165, 1.54) is 6.07 Å². The molecule has 102 valence electrons. The lowest BCUT2D eigenvalue weighted by molar-refractivity contribution is -0.124. The van der Waals surface area contributed by atoms with Crippen LogP contribution in [0.3, 0.4) is 0 Å². The smallest absolute Gasteiger partial charge is 0.338 e. The van der Waals surface area contributed by atoms with Crippen LogP contribution >= 0.6 is 0 Å². The van der Waals surface area contributed by atoms with Crippen LogP contribution < -0.4 is 11.1 Å². The predicted molar refractivity (Wildman–Crippen MR) is 71.5 cm³/mol. The van der Waals surface area contributed by atoms with Crippen molar-refractivity contribution < 1.29 is 14.3 Å². The van der Waals surface area contributed by atoms with Gasteiger partial charge in [0.2, 0.25) is 0 Å². The van der Waals surface area contributed by atoms with Crippen molar-refractivity contribution in [2.45, 2.75) is 31.7 Å². The quantitative estimate of drug-likeness (QED) is 0.636.